The quantitative estimate of drug-likeness (QED) is 0.590. The van der Waals surface area contributed by atoms with Crippen molar-refractivity contribution in [1.29, 1.82) is 0 Å². The van der Waals surface area contributed by atoms with Crippen molar-refractivity contribution in [1.82, 2.24) is 0 Å². The molecule has 0 unspecified atom stereocenters. The molecule has 0 aliphatic heterocycles. The number of phenols is 1. The lowest BCUT2D eigenvalue weighted by atomic mass is 10.2. The number of aryl methyl sites for hydroxylation is 1. The lowest BCUT2D eigenvalue weighted by Crippen LogP contribution is -2.15. The summed E-state index contributed by atoms with van der Waals surface area (Å²) in [5.74, 6) is 0.127. The molecule has 1 rings (SSSR count). The highest BCUT2D eigenvalue weighted by Gasteiger charge is 2.05. The van der Waals surface area contributed by atoms with Crippen molar-refractivity contribution in [2.45, 2.75) is 26.7 Å². The molecule has 94 valence electrons. The molecule has 0 heterocycles. The molecule has 17 heavy (non-hydrogen) atoms. The Hall–Kier alpha value is -1.55. The van der Waals surface area contributed by atoms with Gasteiger partial charge in [-0.25, -0.2) is 0 Å². The second-order valence-corrected chi connectivity index (χ2v) is 3.91. The second-order valence-electron chi connectivity index (χ2n) is 3.91. The Balaban J connectivity index is 2.40. The molecule has 0 radical (unpaired) electrons. The number of aromatic hydroxyl groups is 1. The van der Waals surface area contributed by atoms with Crippen LogP contribution in [0.2, 0.25) is 0 Å². The number of anilines is 1. The van der Waals surface area contributed by atoms with Crippen LogP contribution in [-0.2, 0) is 9.53 Å². The highest BCUT2D eigenvalue weighted by atomic mass is 16.5. The predicted octanol–water partition coefficient (Wildman–Crippen LogP) is 2.46. The van der Waals surface area contributed by atoms with Crippen LogP contribution < -0.4 is 5.32 Å². The molecule has 0 saturated heterocycles. The molecule has 0 aliphatic rings. The first-order chi connectivity index (χ1) is 8.13. The Bertz CT molecular complexity index is 377. The summed E-state index contributed by atoms with van der Waals surface area (Å²) < 4.78 is 5.24. The van der Waals surface area contributed by atoms with Gasteiger partial charge in [0.15, 0.2) is 0 Å². The van der Waals surface area contributed by atoms with E-state index in [1.54, 1.807) is 18.2 Å². The Morgan fingerprint density at radius 1 is 1.41 bits per heavy atom. The second kappa shape index (κ2) is 6.91. The summed E-state index contributed by atoms with van der Waals surface area (Å²) in [6.45, 7) is 4.99. The molecular formula is C13H19NO3. The maximum atomic E-state index is 11.6. The van der Waals surface area contributed by atoms with Crippen LogP contribution in [0.15, 0.2) is 18.2 Å². The maximum absolute atomic E-state index is 11.6. The Kier molecular flexibility index (Phi) is 5.49. The Labute approximate surface area is 102 Å². The molecule has 0 aromatic heterocycles. The summed E-state index contributed by atoms with van der Waals surface area (Å²) in [5, 5.41) is 12.0. The average molecular weight is 237 g/mol. The lowest BCUT2D eigenvalue weighted by molar-refractivity contribution is -0.117. The number of ether oxygens (including phenoxy) is 1. The van der Waals surface area contributed by atoms with Crippen LogP contribution >= 0.6 is 0 Å². The molecule has 4 nitrogen and oxygen atoms in total. The molecule has 0 atom stereocenters. The number of carbonyl (C=O) groups is 1. The summed E-state index contributed by atoms with van der Waals surface area (Å²) in [7, 11) is 0. The monoisotopic (exact) mass is 237 g/mol. The van der Waals surface area contributed by atoms with E-state index in [1.807, 2.05) is 13.8 Å². The van der Waals surface area contributed by atoms with Crippen LogP contribution in [-0.4, -0.2) is 24.2 Å². The highest BCUT2D eigenvalue weighted by Crippen LogP contribution is 2.20. The van der Waals surface area contributed by atoms with E-state index in [2.05, 4.69) is 5.32 Å². The van der Waals surface area contributed by atoms with Crippen molar-refractivity contribution in [2.24, 2.45) is 0 Å². The van der Waals surface area contributed by atoms with Gasteiger partial charge in [0.1, 0.15) is 5.75 Å². The highest BCUT2D eigenvalue weighted by molar-refractivity contribution is 5.91. The third kappa shape index (κ3) is 4.87. The van der Waals surface area contributed by atoms with Crippen LogP contribution in [0.4, 0.5) is 5.69 Å². The molecule has 1 aromatic rings. The van der Waals surface area contributed by atoms with Crippen molar-refractivity contribution < 1.29 is 14.6 Å². The number of nitrogens with one attached hydrogen (secondary N) is 1. The average Bonchev–Trinajstić information content (AvgIpc) is 2.28. The van der Waals surface area contributed by atoms with Gasteiger partial charge in [-0.05, 0) is 37.1 Å². The van der Waals surface area contributed by atoms with Gasteiger partial charge in [0.25, 0.3) is 0 Å². The molecule has 0 aliphatic carbocycles. The molecule has 2 N–H and O–H groups in total. The summed E-state index contributed by atoms with van der Waals surface area (Å²) in [6, 6.07) is 4.86. The predicted molar refractivity (Wildman–Crippen MR) is 67.2 cm³/mol. The summed E-state index contributed by atoms with van der Waals surface area (Å²) in [4.78, 5) is 11.6. The molecule has 0 saturated carbocycles. The van der Waals surface area contributed by atoms with Gasteiger partial charge in [-0.3, -0.25) is 4.79 Å². The normalized spacial score (nSPS) is 10.2. The minimum absolute atomic E-state index is 0.0742. The molecule has 0 fully saturated rings. The molecule has 1 aromatic carbocycles. The Morgan fingerprint density at radius 2 is 2.18 bits per heavy atom. The van der Waals surface area contributed by atoms with Crippen molar-refractivity contribution >= 4 is 11.6 Å². The van der Waals surface area contributed by atoms with Gasteiger partial charge < -0.3 is 15.2 Å². The van der Waals surface area contributed by atoms with Crippen molar-refractivity contribution in [3.63, 3.8) is 0 Å². The fourth-order valence-corrected chi connectivity index (χ4v) is 1.41. The lowest BCUT2D eigenvalue weighted by Gasteiger charge is -2.08. The third-order valence-electron chi connectivity index (χ3n) is 2.31. The smallest absolute Gasteiger partial charge is 0.226 e. The standard InChI is InChI=1S/C13H19NO3/c1-3-7-17-8-6-13(16)14-12-5-4-11(15)9-10(12)2/h4-5,9,15H,3,6-8H2,1-2H3,(H,14,16). The van der Waals surface area contributed by atoms with E-state index in [9.17, 15) is 9.90 Å². The zero-order valence-corrected chi connectivity index (χ0v) is 10.3. The number of phenolic OH excluding ortho intramolecular Hbond substituents is 1. The summed E-state index contributed by atoms with van der Waals surface area (Å²) in [5.41, 5.74) is 1.57. The molecule has 1 amide bonds. The topological polar surface area (TPSA) is 58.6 Å². The van der Waals surface area contributed by atoms with Crippen molar-refractivity contribution in [3.8, 4) is 5.75 Å². The zero-order valence-electron chi connectivity index (χ0n) is 10.3. The van der Waals surface area contributed by atoms with E-state index >= 15 is 0 Å². The first kappa shape index (κ1) is 13.5. The maximum Gasteiger partial charge on any atom is 0.226 e. The van der Waals surface area contributed by atoms with Gasteiger partial charge in [-0.15, -0.1) is 0 Å². The summed E-state index contributed by atoms with van der Waals surface area (Å²) >= 11 is 0. The van der Waals surface area contributed by atoms with Crippen LogP contribution in [0.5, 0.6) is 5.75 Å². The number of carbonyl (C=O) groups excluding carboxylic acids is 1. The van der Waals surface area contributed by atoms with Crippen LogP contribution in [0.1, 0.15) is 25.3 Å². The first-order valence-corrected chi connectivity index (χ1v) is 5.80. The molecule has 0 bridgehead atoms. The van der Waals surface area contributed by atoms with E-state index < -0.39 is 0 Å². The van der Waals surface area contributed by atoms with Gasteiger partial charge in [-0.1, -0.05) is 6.92 Å². The SMILES string of the molecule is CCCOCCC(=O)Nc1ccc(O)cc1C. The van der Waals surface area contributed by atoms with Crippen LogP contribution in [0, 0.1) is 6.92 Å². The van der Waals surface area contributed by atoms with Crippen LogP contribution in [0.25, 0.3) is 0 Å². The first-order valence-electron chi connectivity index (χ1n) is 5.80. The number of hydrogen-bond donors (Lipinski definition) is 2. The summed E-state index contributed by atoms with van der Waals surface area (Å²) in [6.07, 6.45) is 1.30. The minimum atomic E-state index is -0.0742. The molecule has 0 spiro atoms. The fraction of sp³-hybridized carbons (Fsp3) is 0.462. The van der Waals surface area contributed by atoms with E-state index in [1.165, 1.54) is 0 Å². The fourth-order valence-electron chi connectivity index (χ4n) is 1.41. The number of rotatable bonds is 6. The number of hydrogen-bond acceptors (Lipinski definition) is 3. The largest absolute Gasteiger partial charge is 0.508 e. The minimum Gasteiger partial charge on any atom is -0.508 e. The third-order valence-corrected chi connectivity index (χ3v) is 2.31. The number of amides is 1. The van der Waals surface area contributed by atoms with Gasteiger partial charge >= 0.3 is 0 Å². The van der Waals surface area contributed by atoms with E-state index in [-0.39, 0.29) is 11.7 Å². The van der Waals surface area contributed by atoms with Gasteiger partial charge in [0.05, 0.1) is 13.0 Å². The van der Waals surface area contributed by atoms with E-state index in [0.29, 0.717) is 19.6 Å². The van der Waals surface area contributed by atoms with E-state index in [0.717, 1.165) is 17.7 Å². The Morgan fingerprint density at radius 3 is 2.82 bits per heavy atom. The van der Waals surface area contributed by atoms with E-state index in [4.69, 9.17) is 4.74 Å². The van der Waals surface area contributed by atoms with Gasteiger partial charge in [0.2, 0.25) is 5.91 Å². The van der Waals surface area contributed by atoms with Gasteiger partial charge in [-0.2, -0.15) is 0 Å². The van der Waals surface area contributed by atoms with Gasteiger partial charge in [0, 0.05) is 12.3 Å². The number of benzene rings is 1. The van der Waals surface area contributed by atoms with Crippen LogP contribution in [0.3, 0.4) is 0 Å². The van der Waals surface area contributed by atoms with Crippen molar-refractivity contribution in [2.75, 3.05) is 18.5 Å². The van der Waals surface area contributed by atoms with Crippen molar-refractivity contribution in [3.05, 3.63) is 23.8 Å². The zero-order chi connectivity index (χ0) is 12.7. The molecule has 4 heteroatoms. The molecular weight excluding hydrogens is 218 g/mol.